The van der Waals surface area contributed by atoms with Gasteiger partial charge in [0.15, 0.2) is 12.4 Å². The summed E-state index contributed by atoms with van der Waals surface area (Å²) in [7, 11) is 1.00. The van der Waals surface area contributed by atoms with Gasteiger partial charge in [-0.2, -0.15) is 0 Å². The minimum Gasteiger partial charge on any atom is -0.400 e. The van der Waals surface area contributed by atoms with E-state index in [4.69, 9.17) is 5.11 Å². The summed E-state index contributed by atoms with van der Waals surface area (Å²) in [5.41, 5.74) is 1.91. The number of rotatable bonds is 17. The topological polar surface area (TPSA) is 163 Å². The lowest BCUT2D eigenvalue weighted by Crippen LogP contribution is -2.57. The first-order chi connectivity index (χ1) is 23.8. The molecule has 1 aromatic heterocycles. The second-order valence-electron chi connectivity index (χ2n) is 13.3. The summed E-state index contributed by atoms with van der Waals surface area (Å²) in [5, 5.41) is 21.9. The maximum absolute atomic E-state index is 13.7. The van der Waals surface area contributed by atoms with Gasteiger partial charge in [-0.25, -0.2) is 9.37 Å². The number of aliphatic hydroxyl groups excluding tert-OH is 1. The van der Waals surface area contributed by atoms with Crippen LogP contribution in [-0.4, -0.2) is 66.6 Å². The number of benzene rings is 2. The summed E-state index contributed by atoms with van der Waals surface area (Å²) >= 11 is 0. The van der Waals surface area contributed by atoms with E-state index in [-0.39, 0.29) is 42.0 Å². The van der Waals surface area contributed by atoms with Crippen molar-refractivity contribution >= 4 is 23.6 Å². The van der Waals surface area contributed by atoms with E-state index in [0.29, 0.717) is 31.2 Å². The van der Waals surface area contributed by atoms with Gasteiger partial charge < -0.3 is 31.7 Å². The first-order valence-electron chi connectivity index (χ1n) is 17.0. The number of amides is 4. The molecule has 1 heterocycles. The SMILES string of the molecule is CCC[C@H](NC(=O)C(CC(C)(C)C)NC(=O)c1cc[nH+]cc1)C(=O)NC(CN[C@@H](C)C(=O)NCc1ccc(F)cc1)Cc1ccccc1.CO. The van der Waals surface area contributed by atoms with Gasteiger partial charge in [0.1, 0.15) is 17.9 Å². The average molecular weight is 694 g/mol. The van der Waals surface area contributed by atoms with Crippen LogP contribution in [-0.2, 0) is 27.3 Å². The Bertz CT molecular complexity index is 1470. The van der Waals surface area contributed by atoms with Crippen molar-refractivity contribution in [3.8, 4) is 0 Å². The summed E-state index contributed by atoms with van der Waals surface area (Å²) in [6, 6.07) is 16.2. The van der Waals surface area contributed by atoms with E-state index < -0.39 is 30.1 Å². The molecule has 3 rings (SSSR count). The van der Waals surface area contributed by atoms with Crippen LogP contribution in [0.4, 0.5) is 4.39 Å². The number of aromatic nitrogens is 1. The monoisotopic (exact) mass is 693 g/mol. The van der Waals surface area contributed by atoms with E-state index in [1.807, 2.05) is 58.0 Å². The molecule has 0 radical (unpaired) electrons. The lowest BCUT2D eigenvalue weighted by Gasteiger charge is -2.29. The summed E-state index contributed by atoms with van der Waals surface area (Å²) in [6.07, 6.45) is 5.17. The number of nitrogens with one attached hydrogen (secondary N) is 6. The quantitative estimate of drug-likeness (QED) is 0.127. The Hall–Kier alpha value is -4.68. The van der Waals surface area contributed by atoms with E-state index in [1.165, 1.54) is 12.1 Å². The molecule has 2 unspecified atom stereocenters. The molecule has 272 valence electrons. The van der Waals surface area contributed by atoms with E-state index in [0.717, 1.165) is 18.2 Å². The Morgan fingerprint density at radius 1 is 0.800 bits per heavy atom. The number of carbonyl (C=O) groups is 4. The van der Waals surface area contributed by atoms with E-state index >= 15 is 0 Å². The smallest absolute Gasteiger partial charge is 0.252 e. The van der Waals surface area contributed by atoms with Crippen LogP contribution in [0.25, 0.3) is 0 Å². The van der Waals surface area contributed by atoms with Crippen LogP contribution in [0, 0.1) is 11.2 Å². The van der Waals surface area contributed by atoms with Crippen molar-refractivity contribution in [3.63, 3.8) is 0 Å². The van der Waals surface area contributed by atoms with Gasteiger partial charge in [0.2, 0.25) is 17.7 Å². The molecule has 0 aliphatic rings. The summed E-state index contributed by atoms with van der Waals surface area (Å²) in [5.74, 6) is -1.74. The Labute approximate surface area is 295 Å². The predicted molar refractivity (Wildman–Crippen MR) is 191 cm³/mol. The molecule has 12 heteroatoms. The molecule has 3 aromatic rings. The number of H-pyrrole nitrogens is 1. The van der Waals surface area contributed by atoms with Gasteiger partial charge in [0.25, 0.3) is 5.91 Å². The van der Waals surface area contributed by atoms with Crippen molar-refractivity contribution in [3.05, 3.63) is 102 Å². The third-order valence-electron chi connectivity index (χ3n) is 7.74. The van der Waals surface area contributed by atoms with Gasteiger partial charge >= 0.3 is 0 Å². The number of aromatic amines is 1. The fourth-order valence-electron chi connectivity index (χ4n) is 5.16. The first kappa shape index (κ1) is 41.5. The van der Waals surface area contributed by atoms with Crippen molar-refractivity contribution in [2.75, 3.05) is 13.7 Å². The Balaban J connectivity index is 0.00000425. The summed E-state index contributed by atoms with van der Waals surface area (Å²) in [4.78, 5) is 56.0. The highest BCUT2D eigenvalue weighted by atomic mass is 19.1. The van der Waals surface area contributed by atoms with E-state index in [2.05, 4.69) is 31.6 Å². The molecular formula is C38H54FN6O5+. The molecule has 0 saturated heterocycles. The van der Waals surface area contributed by atoms with Crippen LogP contribution in [0.15, 0.2) is 79.1 Å². The molecule has 2 aromatic carbocycles. The highest BCUT2D eigenvalue weighted by Crippen LogP contribution is 2.21. The molecule has 0 aliphatic carbocycles. The van der Waals surface area contributed by atoms with Crippen molar-refractivity contribution in [1.29, 1.82) is 0 Å². The van der Waals surface area contributed by atoms with E-state index in [1.54, 1.807) is 43.6 Å². The van der Waals surface area contributed by atoms with Crippen LogP contribution < -0.4 is 31.6 Å². The van der Waals surface area contributed by atoms with Crippen LogP contribution in [0.1, 0.15) is 75.4 Å². The van der Waals surface area contributed by atoms with E-state index in [9.17, 15) is 23.6 Å². The molecule has 0 spiro atoms. The molecule has 0 aliphatic heterocycles. The first-order valence-corrected chi connectivity index (χ1v) is 17.0. The number of hydrogen-bond donors (Lipinski definition) is 6. The highest BCUT2D eigenvalue weighted by Gasteiger charge is 2.31. The van der Waals surface area contributed by atoms with Crippen LogP contribution in [0.3, 0.4) is 0 Å². The largest absolute Gasteiger partial charge is 0.400 e. The number of carbonyl (C=O) groups excluding carboxylic acids is 4. The Morgan fingerprint density at radius 3 is 2.02 bits per heavy atom. The predicted octanol–water partition coefficient (Wildman–Crippen LogP) is 3.09. The van der Waals surface area contributed by atoms with Crippen molar-refractivity contribution in [2.24, 2.45) is 5.41 Å². The van der Waals surface area contributed by atoms with Gasteiger partial charge in [0.05, 0.1) is 11.6 Å². The van der Waals surface area contributed by atoms with Gasteiger partial charge in [-0.15, -0.1) is 0 Å². The lowest BCUT2D eigenvalue weighted by atomic mass is 9.87. The third-order valence-corrected chi connectivity index (χ3v) is 7.74. The molecule has 50 heavy (non-hydrogen) atoms. The second kappa shape index (κ2) is 21.4. The van der Waals surface area contributed by atoms with Gasteiger partial charge in [-0.05, 0) is 54.9 Å². The second-order valence-corrected chi connectivity index (χ2v) is 13.3. The number of aliphatic hydroxyl groups is 1. The molecule has 4 amide bonds. The molecular weight excluding hydrogens is 639 g/mol. The highest BCUT2D eigenvalue weighted by molar-refractivity contribution is 5.98. The molecule has 11 nitrogen and oxygen atoms in total. The average Bonchev–Trinajstić information content (AvgIpc) is 3.10. The van der Waals surface area contributed by atoms with Crippen LogP contribution >= 0.6 is 0 Å². The molecule has 0 fully saturated rings. The van der Waals surface area contributed by atoms with Gasteiger partial charge in [-0.3, -0.25) is 19.2 Å². The van der Waals surface area contributed by atoms with Gasteiger partial charge in [-0.1, -0.05) is 76.6 Å². The third kappa shape index (κ3) is 15.3. The summed E-state index contributed by atoms with van der Waals surface area (Å²) in [6.45, 7) is 10.2. The standard InChI is InChI=1S/C37H49FN6O4.CH4O/c1-6-10-31(43-36(48)32(22-37(3,4)5)44-34(46)28-17-19-39-20-18-28)35(47)42-30(21-26-11-8-7-9-12-26)24-40-25(2)33(45)41-23-27-13-15-29(38)16-14-27;1-2/h7-9,11-20,25,30-32,40H,6,10,21-24H2,1-5H3,(H,41,45)(H,42,47)(H,43,48)(H,44,46);2H,1H3/p+1/t25-,30?,31-,32?;/m0./s1. The molecule has 0 bridgehead atoms. The van der Waals surface area contributed by atoms with Crippen LogP contribution in [0.2, 0.25) is 0 Å². The fraction of sp³-hybridized carbons (Fsp3) is 0.447. The number of halogens is 1. The number of pyridine rings is 1. The summed E-state index contributed by atoms with van der Waals surface area (Å²) < 4.78 is 13.2. The molecule has 0 saturated carbocycles. The van der Waals surface area contributed by atoms with Crippen molar-refractivity contribution < 1.29 is 33.7 Å². The normalized spacial score (nSPS) is 13.4. The zero-order chi connectivity index (χ0) is 37.1. The fourth-order valence-corrected chi connectivity index (χ4v) is 5.16. The maximum atomic E-state index is 13.7. The Morgan fingerprint density at radius 2 is 1.42 bits per heavy atom. The van der Waals surface area contributed by atoms with Crippen LogP contribution in [0.5, 0.6) is 0 Å². The van der Waals surface area contributed by atoms with Crippen molar-refractivity contribution in [2.45, 2.75) is 91.0 Å². The zero-order valence-corrected chi connectivity index (χ0v) is 30.0. The molecule has 7 N–H and O–H groups in total. The maximum Gasteiger partial charge on any atom is 0.252 e. The minimum atomic E-state index is -0.857. The van der Waals surface area contributed by atoms with Crippen molar-refractivity contribution in [1.82, 2.24) is 26.6 Å². The number of hydrogen-bond acceptors (Lipinski definition) is 6. The zero-order valence-electron chi connectivity index (χ0n) is 30.0. The molecule has 4 atom stereocenters. The Kier molecular flexibility index (Phi) is 17.8. The lowest BCUT2D eigenvalue weighted by molar-refractivity contribution is -0.378. The minimum absolute atomic E-state index is 0.235. The van der Waals surface area contributed by atoms with Gasteiger partial charge in [0, 0.05) is 38.4 Å².